The molecule has 0 unspecified atom stereocenters. The monoisotopic (exact) mass is 381 g/mol. The van der Waals surface area contributed by atoms with E-state index < -0.39 is 0 Å². The van der Waals surface area contributed by atoms with Gasteiger partial charge in [-0.3, -0.25) is 0 Å². The number of benzene rings is 2. The lowest BCUT2D eigenvalue weighted by Gasteiger charge is -2.36. The first kappa shape index (κ1) is 18.2. The first-order valence-electron chi connectivity index (χ1n) is 9.25. The predicted molar refractivity (Wildman–Crippen MR) is 107 cm³/mol. The van der Waals surface area contributed by atoms with Crippen LogP contribution in [0.25, 0.3) is 0 Å². The Bertz CT molecular complexity index is 924. The van der Waals surface area contributed by atoms with E-state index in [0.29, 0.717) is 23.9 Å². The van der Waals surface area contributed by atoms with Gasteiger partial charge >= 0.3 is 0 Å². The number of piperazine rings is 1. The molecule has 1 saturated heterocycles. The van der Waals surface area contributed by atoms with Crippen molar-refractivity contribution in [2.75, 3.05) is 41.3 Å². The molecule has 1 fully saturated rings. The van der Waals surface area contributed by atoms with Gasteiger partial charge in [-0.25, -0.2) is 13.8 Å². The first-order valence-corrected chi connectivity index (χ1v) is 9.25. The number of nitrogens with one attached hydrogen (secondary N) is 1. The number of hydrogen-bond donors (Lipinski definition) is 1. The van der Waals surface area contributed by atoms with Crippen LogP contribution in [-0.4, -0.2) is 36.1 Å². The molecule has 0 bridgehead atoms. The van der Waals surface area contributed by atoms with Gasteiger partial charge in [-0.15, -0.1) is 0 Å². The van der Waals surface area contributed by atoms with Crippen LogP contribution in [-0.2, 0) is 6.54 Å². The van der Waals surface area contributed by atoms with Crippen molar-refractivity contribution in [1.29, 1.82) is 0 Å². The Kier molecular flexibility index (Phi) is 5.32. The maximum absolute atomic E-state index is 13.8. The van der Waals surface area contributed by atoms with Gasteiger partial charge in [0, 0.05) is 50.2 Å². The summed E-state index contributed by atoms with van der Waals surface area (Å²) in [5.74, 6) is 0.850. The highest BCUT2D eigenvalue weighted by molar-refractivity contribution is 5.49. The molecule has 0 spiro atoms. The van der Waals surface area contributed by atoms with E-state index in [2.05, 4.69) is 25.1 Å². The molecule has 28 heavy (non-hydrogen) atoms. The van der Waals surface area contributed by atoms with Crippen LogP contribution in [0.5, 0.6) is 0 Å². The zero-order chi connectivity index (χ0) is 19.3. The fourth-order valence-corrected chi connectivity index (χ4v) is 3.24. The standard InChI is InChI=1S/C21H21F2N5/c22-17-5-7-18(8-6-17)27-11-13-28(14-12-27)21-24-10-9-20(26-21)25-15-16-3-1-2-4-19(16)23/h1-10H,11-15H2,(H,24,25,26). The Balaban J connectivity index is 1.37. The number of nitrogens with zero attached hydrogens (tertiary/aromatic N) is 4. The smallest absolute Gasteiger partial charge is 0.227 e. The Morgan fingerprint density at radius 1 is 0.857 bits per heavy atom. The molecular weight excluding hydrogens is 360 g/mol. The quantitative estimate of drug-likeness (QED) is 0.730. The average Bonchev–Trinajstić information content (AvgIpc) is 2.74. The largest absolute Gasteiger partial charge is 0.368 e. The number of hydrogen-bond acceptors (Lipinski definition) is 5. The zero-order valence-corrected chi connectivity index (χ0v) is 15.4. The average molecular weight is 381 g/mol. The van der Waals surface area contributed by atoms with Crippen molar-refractivity contribution in [3.8, 4) is 0 Å². The molecule has 0 atom stereocenters. The van der Waals surface area contributed by atoms with Crippen LogP contribution in [0.2, 0.25) is 0 Å². The Hall–Kier alpha value is -3.22. The Morgan fingerprint density at radius 3 is 2.32 bits per heavy atom. The van der Waals surface area contributed by atoms with E-state index in [-0.39, 0.29) is 11.6 Å². The van der Waals surface area contributed by atoms with Gasteiger partial charge < -0.3 is 15.1 Å². The summed E-state index contributed by atoms with van der Waals surface area (Å²) in [7, 11) is 0. The van der Waals surface area contributed by atoms with E-state index in [9.17, 15) is 8.78 Å². The van der Waals surface area contributed by atoms with Crippen LogP contribution in [0.4, 0.5) is 26.2 Å². The minimum Gasteiger partial charge on any atom is -0.368 e. The van der Waals surface area contributed by atoms with Gasteiger partial charge in [0.15, 0.2) is 0 Å². The van der Waals surface area contributed by atoms with Gasteiger partial charge in [0.2, 0.25) is 5.95 Å². The number of halogens is 2. The summed E-state index contributed by atoms with van der Waals surface area (Å²) in [6.45, 7) is 3.52. The summed E-state index contributed by atoms with van der Waals surface area (Å²) in [6.07, 6.45) is 1.71. The van der Waals surface area contributed by atoms with Crippen molar-refractivity contribution in [1.82, 2.24) is 9.97 Å². The minimum atomic E-state index is -0.235. The summed E-state index contributed by atoms with van der Waals surface area (Å²) >= 11 is 0. The Labute approximate surface area is 162 Å². The van der Waals surface area contributed by atoms with Gasteiger partial charge in [0.05, 0.1) is 0 Å². The van der Waals surface area contributed by atoms with E-state index in [0.717, 1.165) is 31.9 Å². The molecule has 1 aliphatic heterocycles. The molecule has 0 saturated carbocycles. The molecule has 1 aliphatic rings. The second kappa shape index (κ2) is 8.21. The van der Waals surface area contributed by atoms with Crippen LogP contribution < -0.4 is 15.1 Å². The topological polar surface area (TPSA) is 44.3 Å². The summed E-state index contributed by atoms with van der Waals surface area (Å²) in [5.41, 5.74) is 1.61. The third-order valence-electron chi connectivity index (χ3n) is 4.81. The molecular formula is C21H21F2N5. The maximum atomic E-state index is 13.8. The first-order chi connectivity index (χ1) is 13.7. The SMILES string of the molecule is Fc1ccc(N2CCN(c3nccc(NCc4ccccc4F)n3)CC2)cc1. The molecule has 5 nitrogen and oxygen atoms in total. The normalized spacial score (nSPS) is 14.2. The van der Waals surface area contributed by atoms with Crippen LogP contribution in [0.3, 0.4) is 0 Å². The molecule has 0 amide bonds. The van der Waals surface area contributed by atoms with E-state index >= 15 is 0 Å². The lowest BCUT2D eigenvalue weighted by molar-refractivity contribution is 0.612. The van der Waals surface area contributed by atoms with Crippen LogP contribution >= 0.6 is 0 Å². The van der Waals surface area contributed by atoms with Gasteiger partial charge in [0.25, 0.3) is 0 Å². The van der Waals surface area contributed by atoms with Crippen molar-refractivity contribution < 1.29 is 8.78 Å². The summed E-state index contributed by atoms with van der Waals surface area (Å²) in [4.78, 5) is 13.3. The van der Waals surface area contributed by atoms with Crippen LogP contribution in [0.1, 0.15) is 5.56 Å². The fraction of sp³-hybridized carbons (Fsp3) is 0.238. The highest BCUT2D eigenvalue weighted by Crippen LogP contribution is 2.19. The third kappa shape index (κ3) is 4.19. The van der Waals surface area contributed by atoms with Crippen molar-refractivity contribution in [2.24, 2.45) is 0 Å². The van der Waals surface area contributed by atoms with Gasteiger partial charge in [-0.1, -0.05) is 18.2 Å². The van der Waals surface area contributed by atoms with Gasteiger partial charge in [0.1, 0.15) is 17.5 Å². The van der Waals surface area contributed by atoms with Crippen molar-refractivity contribution in [2.45, 2.75) is 6.54 Å². The molecule has 4 rings (SSSR count). The second-order valence-corrected chi connectivity index (χ2v) is 6.64. The van der Waals surface area contributed by atoms with Gasteiger partial charge in [-0.2, -0.15) is 4.98 Å². The van der Waals surface area contributed by atoms with E-state index in [1.807, 2.05) is 6.07 Å². The molecule has 7 heteroatoms. The van der Waals surface area contributed by atoms with Crippen molar-refractivity contribution >= 4 is 17.5 Å². The predicted octanol–water partition coefficient (Wildman–Crippen LogP) is 3.69. The number of aromatic nitrogens is 2. The van der Waals surface area contributed by atoms with Crippen molar-refractivity contribution in [3.05, 3.63) is 78.0 Å². The third-order valence-corrected chi connectivity index (χ3v) is 4.81. The van der Waals surface area contributed by atoms with Crippen LogP contribution in [0, 0.1) is 11.6 Å². The maximum Gasteiger partial charge on any atom is 0.227 e. The molecule has 1 aromatic heterocycles. The molecule has 3 aromatic rings. The molecule has 0 aliphatic carbocycles. The van der Waals surface area contributed by atoms with Crippen molar-refractivity contribution in [3.63, 3.8) is 0 Å². The zero-order valence-electron chi connectivity index (χ0n) is 15.4. The highest BCUT2D eigenvalue weighted by atomic mass is 19.1. The Morgan fingerprint density at radius 2 is 1.57 bits per heavy atom. The fourth-order valence-electron chi connectivity index (χ4n) is 3.24. The molecule has 144 valence electrons. The van der Waals surface area contributed by atoms with E-state index in [1.165, 1.54) is 18.2 Å². The molecule has 0 radical (unpaired) electrons. The molecule has 2 aromatic carbocycles. The number of anilines is 3. The highest BCUT2D eigenvalue weighted by Gasteiger charge is 2.19. The lowest BCUT2D eigenvalue weighted by atomic mass is 10.2. The lowest BCUT2D eigenvalue weighted by Crippen LogP contribution is -2.47. The summed E-state index contributed by atoms with van der Waals surface area (Å²) in [5, 5.41) is 3.16. The molecule has 2 heterocycles. The number of rotatable bonds is 5. The van der Waals surface area contributed by atoms with Gasteiger partial charge in [-0.05, 0) is 36.4 Å². The second-order valence-electron chi connectivity index (χ2n) is 6.64. The van der Waals surface area contributed by atoms with E-state index in [4.69, 9.17) is 0 Å². The van der Waals surface area contributed by atoms with E-state index in [1.54, 1.807) is 36.5 Å². The van der Waals surface area contributed by atoms with Crippen LogP contribution in [0.15, 0.2) is 60.8 Å². The summed E-state index contributed by atoms with van der Waals surface area (Å²) < 4.78 is 26.9. The summed E-state index contributed by atoms with van der Waals surface area (Å²) in [6, 6.07) is 15.0. The minimum absolute atomic E-state index is 0.226. The molecule has 1 N–H and O–H groups in total.